The molecule has 1 aromatic carbocycles. The second kappa shape index (κ2) is 5.44. The first kappa shape index (κ1) is 13.0. The molecular formula is C13H13ClFN3. The van der Waals surface area contributed by atoms with E-state index in [-0.39, 0.29) is 11.1 Å². The zero-order chi connectivity index (χ0) is 13.1. The average Bonchev–Trinajstić information content (AvgIpc) is 2.35. The number of rotatable bonds is 3. The molecule has 1 atom stereocenters. The summed E-state index contributed by atoms with van der Waals surface area (Å²) >= 11 is 5.77. The van der Waals surface area contributed by atoms with Crippen molar-refractivity contribution in [1.29, 1.82) is 0 Å². The van der Waals surface area contributed by atoms with Crippen LogP contribution in [0.4, 0.5) is 4.39 Å². The standard InChI is InChI=1S/C13H13ClFN3/c1-8-4-10(7-17-6-8)13(18-16)9-2-3-12(15)11(14)5-9/h2-7,13,18H,16H2,1H3. The molecule has 0 saturated heterocycles. The van der Waals surface area contributed by atoms with Crippen molar-refractivity contribution in [3.63, 3.8) is 0 Å². The van der Waals surface area contributed by atoms with Gasteiger partial charge in [-0.2, -0.15) is 0 Å². The summed E-state index contributed by atoms with van der Waals surface area (Å²) < 4.78 is 13.1. The summed E-state index contributed by atoms with van der Waals surface area (Å²) in [4.78, 5) is 4.12. The van der Waals surface area contributed by atoms with Gasteiger partial charge in [0.05, 0.1) is 11.1 Å². The molecule has 3 N–H and O–H groups in total. The summed E-state index contributed by atoms with van der Waals surface area (Å²) in [6, 6.07) is 6.23. The highest BCUT2D eigenvalue weighted by Crippen LogP contribution is 2.25. The Morgan fingerprint density at radius 1 is 1.28 bits per heavy atom. The van der Waals surface area contributed by atoms with E-state index in [1.165, 1.54) is 6.07 Å². The summed E-state index contributed by atoms with van der Waals surface area (Å²) in [5.74, 6) is 5.11. The van der Waals surface area contributed by atoms with Crippen molar-refractivity contribution in [1.82, 2.24) is 10.4 Å². The summed E-state index contributed by atoms with van der Waals surface area (Å²) in [5.41, 5.74) is 5.41. The van der Waals surface area contributed by atoms with Crippen molar-refractivity contribution in [2.24, 2.45) is 5.84 Å². The van der Waals surface area contributed by atoms with Crippen molar-refractivity contribution >= 4 is 11.6 Å². The molecule has 94 valence electrons. The topological polar surface area (TPSA) is 50.9 Å². The largest absolute Gasteiger partial charge is 0.271 e. The van der Waals surface area contributed by atoms with Crippen LogP contribution < -0.4 is 11.3 Å². The molecule has 0 aliphatic heterocycles. The SMILES string of the molecule is Cc1cncc(C(NN)c2ccc(F)c(Cl)c2)c1. The number of nitrogens with one attached hydrogen (secondary N) is 1. The Bertz CT molecular complexity index is 560. The van der Waals surface area contributed by atoms with Crippen molar-refractivity contribution in [3.05, 3.63) is 64.2 Å². The van der Waals surface area contributed by atoms with E-state index in [1.54, 1.807) is 24.5 Å². The van der Waals surface area contributed by atoms with E-state index in [0.29, 0.717) is 0 Å². The first-order valence-corrected chi connectivity index (χ1v) is 5.82. The van der Waals surface area contributed by atoms with Gasteiger partial charge in [0, 0.05) is 12.4 Å². The third kappa shape index (κ3) is 2.67. The Labute approximate surface area is 110 Å². The summed E-state index contributed by atoms with van der Waals surface area (Å²) in [5, 5.41) is 0.0772. The fraction of sp³-hybridized carbons (Fsp3) is 0.154. The monoisotopic (exact) mass is 265 g/mol. The molecular weight excluding hydrogens is 253 g/mol. The van der Waals surface area contributed by atoms with Gasteiger partial charge in [-0.05, 0) is 35.7 Å². The minimum Gasteiger partial charge on any atom is -0.271 e. The van der Waals surface area contributed by atoms with Gasteiger partial charge in [-0.25, -0.2) is 9.82 Å². The first-order valence-electron chi connectivity index (χ1n) is 5.44. The predicted octanol–water partition coefficient (Wildman–Crippen LogP) is 2.74. The third-order valence-corrected chi connectivity index (χ3v) is 2.96. The maximum atomic E-state index is 13.1. The Balaban J connectivity index is 2.42. The summed E-state index contributed by atoms with van der Waals surface area (Å²) in [6.07, 6.45) is 3.48. The molecule has 0 spiro atoms. The second-order valence-corrected chi connectivity index (χ2v) is 4.48. The van der Waals surface area contributed by atoms with E-state index in [1.807, 2.05) is 13.0 Å². The molecule has 1 heterocycles. The third-order valence-electron chi connectivity index (χ3n) is 2.67. The van der Waals surface area contributed by atoms with Gasteiger partial charge in [-0.3, -0.25) is 10.8 Å². The highest BCUT2D eigenvalue weighted by atomic mass is 35.5. The minimum absolute atomic E-state index is 0.0772. The van der Waals surface area contributed by atoms with Crippen molar-refractivity contribution < 1.29 is 4.39 Å². The number of hydrogen-bond donors (Lipinski definition) is 2. The normalized spacial score (nSPS) is 12.4. The number of hydrogen-bond acceptors (Lipinski definition) is 3. The van der Waals surface area contributed by atoms with Crippen LogP contribution in [0.3, 0.4) is 0 Å². The number of halogens is 2. The zero-order valence-electron chi connectivity index (χ0n) is 9.82. The smallest absolute Gasteiger partial charge is 0.141 e. The van der Waals surface area contributed by atoms with Crippen LogP contribution >= 0.6 is 11.6 Å². The Morgan fingerprint density at radius 3 is 2.67 bits per heavy atom. The van der Waals surface area contributed by atoms with Gasteiger partial charge in [0.15, 0.2) is 0 Å². The van der Waals surface area contributed by atoms with Gasteiger partial charge >= 0.3 is 0 Å². The lowest BCUT2D eigenvalue weighted by molar-refractivity contribution is 0.615. The molecule has 0 radical (unpaired) electrons. The lowest BCUT2D eigenvalue weighted by Crippen LogP contribution is -2.29. The van der Waals surface area contributed by atoms with Crippen LogP contribution in [0.2, 0.25) is 5.02 Å². The van der Waals surface area contributed by atoms with Gasteiger partial charge in [-0.15, -0.1) is 0 Å². The fourth-order valence-electron chi connectivity index (χ4n) is 1.81. The van der Waals surface area contributed by atoms with Crippen LogP contribution in [0.25, 0.3) is 0 Å². The highest BCUT2D eigenvalue weighted by molar-refractivity contribution is 6.30. The van der Waals surface area contributed by atoms with Gasteiger partial charge in [0.2, 0.25) is 0 Å². The van der Waals surface area contributed by atoms with Crippen molar-refractivity contribution in [2.45, 2.75) is 13.0 Å². The van der Waals surface area contributed by atoms with Crippen LogP contribution in [-0.4, -0.2) is 4.98 Å². The van der Waals surface area contributed by atoms with Gasteiger partial charge in [-0.1, -0.05) is 23.7 Å². The van der Waals surface area contributed by atoms with E-state index < -0.39 is 5.82 Å². The molecule has 0 fully saturated rings. The molecule has 2 rings (SSSR count). The van der Waals surface area contributed by atoms with Gasteiger partial charge in [0.25, 0.3) is 0 Å². The lowest BCUT2D eigenvalue weighted by Gasteiger charge is -2.17. The molecule has 0 aliphatic carbocycles. The van der Waals surface area contributed by atoms with E-state index in [0.717, 1.165) is 16.7 Å². The molecule has 1 aromatic heterocycles. The Hall–Kier alpha value is -1.49. The molecule has 3 nitrogen and oxygen atoms in total. The van der Waals surface area contributed by atoms with E-state index in [4.69, 9.17) is 17.4 Å². The number of benzene rings is 1. The summed E-state index contributed by atoms with van der Waals surface area (Å²) in [7, 11) is 0. The Kier molecular flexibility index (Phi) is 3.91. The van der Waals surface area contributed by atoms with Crippen molar-refractivity contribution in [3.8, 4) is 0 Å². The first-order chi connectivity index (χ1) is 8.61. The molecule has 0 saturated carbocycles. The van der Waals surface area contributed by atoms with E-state index in [2.05, 4.69) is 10.4 Å². The molecule has 5 heteroatoms. The minimum atomic E-state index is -0.446. The zero-order valence-corrected chi connectivity index (χ0v) is 10.6. The van der Waals surface area contributed by atoms with Crippen LogP contribution in [0.15, 0.2) is 36.7 Å². The molecule has 0 amide bonds. The number of nitrogens with two attached hydrogens (primary N) is 1. The van der Waals surface area contributed by atoms with Crippen LogP contribution in [-0.2, 0) is 0 Å². The number of aromatic nitrogens is 1. The summed E-state index contributed by atoms with van der Waals surface area (Å²) in [6.45, 7) is 1.95. The van der Waals surface area contributed by atoms with E-state index >= 15 is 0 Å². The molecule has 1 unspecified atom stereocenters. The quantitative estimate of drug-likeness (QED) is 0.663. The molecule has 0 aliphatic rings. The molecule has 18 heavy (non-hydrogen) atoms. The number of nitrogens with zero attached hydrogens (tertiary/aromatic N) is 1. The fourth-order valence-corrected chi connectivity index (χ4v) is 2.00. The van der Waals surface area contributed by atoms with E-state index in [9.17, 15) is 4.39 Å². The van der Waals surface area contributed by atoms with Crippen molar-refractivity contribution in [2.75, 3.05) is 0 Å². The van der Waals surface area contributed by atoms with Crippen LogP contribution in [0.1, 0.15) is 22.7 Å². The van der Waals surface area contributed by atoms with Gasteiger partial charge < -0.3 is 0 Å². The molecule has 2 aromatic rings. The maximum Gasteiger partial charge on any atom is 0.141 e. The number of pyridine rings is 1. The number of aryl methyl sites for hydroxylation is 1. The maximum absolute atomic E-state index is 13.1. The predicted molar refractivity (Wildman–Crippen MR) is 69.6 cm³/mol. The molecule has 0 bridgehead atoms. The van der Waals surface area contributed by atoms with Crippen LogP contribution in [0.5, 0.6) is 0 Å². The van der Waals surface area contributed by atoms with Crippen LogP contribution in [0, 0.1) is 12.7 Å². The van der Waals surface area contributed by atoms with Gasteiger partial charge in [0.1, 0.15) is 5.82 Å². The Morgan fingerprint density at radius 2 is 2.06 bits per heavy atom. The highest BCUT2D eigenvalue weighted by Gasteiger charge is 2.14. The lowest BCUT2D eigenvalue weighted by atomic mass is 10.00. The number of hydrazine groups is 1. The average molecular weight is 266 g/mol. The second-order valence-electron chi connectivity index (χ2n) is 4.07.